The minimum Gasteiger partial charge on any atom is -0.398 e. The number of nitrogen functional groups attached to an aromatic ring is 1. The van der Waals surface area contributed by atoms with Crippen molar-refractivity contribution in [3.05, 3.63) is 51.5 Å². The molecule has 0 aliphatic carbocycles. The fraction of sp³-hybridized carbons (Fsp3) is 0.0714. The van der Waals surface area contributed by atoms with E-state index in [1.807, 2.05) is 37.3 Å². The van der Waals surface area contributed by atoms with Crippen LogP contribution in [0, 0.1) is 6.92 Å². The molecule has 3 aromatic rings. The Bertz CT molecular complexity index is 815. The van der Waals surface area contributed by atoms with Crippen LogP contribution in [0.2, 0.25) is 5.02 Å². The first-order chi connectivity index (χ1) is 10.1. The van der Waals surface area contributed by atoms with Crippen LogP contribution in [-0.4, -0.2) is 20.2 Å². The average Bonchev–Trinajstić information content (AvgIpc) is 2.91. The summed E-state index contributed by atoms with van der Waals surface area (Å²) < 4.78 is 2.66. The van der Waals surface area contributed by atoms with Crippen LogP contribution < -0.4 is 5.73 Å². The molecule has 0 aliphatic rings. The first-order valence-electron chi connectivity index (χ1n) is 6.17. The minimum atomic E-state index is 0.448. The number of tetrazole rings is 1. The summed E-state index contributed by atoms with van der Waals surface area (Å²) in [6.07, 6.45) is 0. The van der Waals surface area contributed by atoms with Gasteiger partial charge in [-0.05, 0) is 53.2 Å². The topological polar surface area (TPSA) is 69.6 Å². The van der Waals surface area contributed by atoms with Crippen molar-refractivity contribution in [1.29, 1.82) is 0 Å². The van der Waals surface area contributed by atoms with Crippen molar-refractivity contribution in [2.45, 2.75) is 6.92 Å². The second kappa shape index (κ2) is 5.46. The van der Waals surface area contributed by atoms with Crippen LogP contribution in [0.4, 0.5) is 5.69 Å². The fourth-order valence-electron chi connectivity index (χ4n) is 2.10. The third-order valence-electron chi connectivity index (χ3n) is 3.13. The van der Waals surface area contributed by atoms with E-state index in [1.165, 1.54) is 0 Å². The van der Waals surface area contributed by atoms with Crippen molar-refractivity contribution < 1.29 is 0 Å². The van der Waals surface area contributed by atoms with Gasteiger partial charge in [0.05, 0.1) is 16.4 Å². The molecule has 5 nitrogen and oxygen atoms in total. The number of hydrogen-bond donors (Lipinski definition) is 1. The molecule has 106 valence electrons. The number of rotatable bonds is 2. The van der Waals surface area contributed by atoms with Gasteiger partial charge in [-0.25, -0.2) is 0 Å². The summed E-state index contributed by atoms with van der Waals surface area (Å²) in [4.78, 5) is 0. The molecule has 0 aliphatic heterocycles. The summed E-state index contributed by atoms with van der Waals surface area (Å²) >= 11 is 9.71. The maximum atomic E-state index is 6.27. The van der Waals surface area contributed by atoms with Gasteiger partial charge in [-0.15, -0.1) is 5.10 Å². The van der Waals surface area contributed by atoms with E-state index >= 15 is 0 Å². The van der Waals surface area contributed by atoms with Crippen LogP contribution >= 0.6 is 27.5 Å². The van der Waals surface area contributed by atoms with Crippen LogP contribution in [0.15, 0.2) is 40.9 Å². The zero-order valence-corrected chi connectivity index (χ0v) is 13.4. The normalized spacial score (nSPS) is 10.8. The molecule has 2 aromatic carbocycles. The summed E-state index contributed by atoms with van der Waals surface area (Å²) in [5.74, 6) is 0.553. The van der Waals surface area contributed by atoms with Gasteiger partial charge in [-0.2, -0.15) is 4.68 Å². The monoisotopic (exact) mass is 363 g/mol. The predicted molar refractivity (Wildman–Crippen MR) is 86.4 cm³/mol. The number of aryl methyl sites for hydroxylation is 1. The molecule has 0 fully saturated rings. The van der Waals surface area contributed by atoms with Crippen molar-refractivity contribution in [1.82, 2.24) is 20.2 Å². The first-order valence-corrected chi connectivity index (χ1v) is 7.34. The Morgan fingerprint density at radius 3 is 2.81 bits per heavy atom. The van der Waals surface area contributed by atoms with E-state index in [2.05, 4.69) is 31.5 Å². The van der Waals surface area contributed by atoms with E-state index in [9.17, 15) is 0 Å². The second-order valence-corrected chi connectivity index (χ2v) is 5.85. The van der Waals surface area contributed by atoms with Gasteiger partial charge in [0.15, 0.2) is 5.82 Å². The predicted octanol–water partition coefficient (Wildman–Crippen LogP) is 3.64. The summed E-state index contributed by atoms with van der Waals surface area (Å²) in [6, 6.07) is 11.3. The van der Waals surface area contributed by atoms with Gasteiger partial charge in [0.25, 0.3) is 0 Å². The lowest BCUT2D eigenvalue weighted by Gasteiger charge is -2.10. The van der Waals surface area contributed by atoms with E-state index < -0.39 is 0 Å². The largest absolute Gasteiger partial charge is 0.398 e. The average molecular weight is 365 g/mol. The lowest BCUT2D eigenvalue weighted by molar-refractivity contribution is 0.787. The quantitative estimate of drug-likeness (QED) is 0.705. The van der Waals surface area contributed by atoms with Gasteiger partial charge in [0.2, 0.25) is 0 Å². The first kappa shape index (κ1) is 14.0. The molecule has 7 heteroatoms. The lowest BCUT2D eigenvalue weighted by Crippen LogP contribution is -2.03. The van der Waals surface area contributed by atoms with Crippen molar-refractivity contribution in [2.24, 2.45) is 0 Å². The molecule has 0 spiro atoms. The van der Waals surface area contributed by atoms with Gasteiger partial charge in [0, 0.05) is 10.0 Å². The number of aromatic nitrogens is 4. The Kier molecular flexibility index (Phi) is 3.65. The highest BCUT2D eigenvalue weighted by molar-refractivity contribution is 9.10. The smallest absolute Gasteiger partial charge is 0.188 e. The van der Waals surface area contributed by atoms with Gasteiger partial charge in [-0.3, -0.25) is 0 Å². The minimum absolute atomic E-state index is 0.448. The highest BCUT2D eigenvalue weighted by Gasteiger charge is 2.16. The fourth-order valence-corrected chi connectivity index (χ4v) is 2.78. The molecule has 0 saturated carbocycles. The van der Waals surface area contributed by atoms with Crippen molar-refractivity contribution >= 4 is 33.2 Å². The number of nitrogens with zero attached hydrogens (tertiary/aromatic N) is 4. The number of halogens is 2. The summed E-state index contributed by atoms with van der Waals surface area (Å²) in [5.41, 5.74) is 8.97. The van der Waals surface area contributed by atoms with E-state index in [-0.39, 0.29) is 0 Å². The zero-order valence-electron chi connectivity index (χ0n) is 11.1. The van der Waals surface area contributed by atoms with Crippen LogP contribution in [0.5, 0.6) is 0 Å². The molecular weight excluding hydrogens is 354 g/mol. The molecule has 0 saturated heterocycles. The molecular formula is C14H11BrClN5. The third-order valence-corrected chi connectivity index (χ3v) is 4.04. The molecule has 21 heavy (non-hydrogen) atoms. The maximum absolute atomic E-state index is 6.27. The molecule has 1 aromatic heterocycles. The Balaban J connectivity index is 2.20. The van der Waals surface area contributed by atoms with Gasteiger partial charge < -0.3 is 5.73 Å². The lowest BCUT2D eigenvalue weighted by atomic mass is 10.1. The highest BCUT2D eigenvalue weighted by Crippen LogP contribution is 2.32. The SMILES string of the molecule is Cc1cc(Br)ccc1-n1nnnc1-c1cccc(N)c1Cl. The van der Waals surface area contributed by atoms with Gasteiger partial charge in [0.1, 0.15) is 0 Å². The number of benzene rings is 2. The van der Waals surface area contributed by atoms with Crippen molar-refractivity contribution in [3.63, 3.8) is 0 Å². The molecule has 0 unspecified atom stereocenters. The van der Waals surface area contributed by atoms with Crippen LogP contribution in [0.3, 0.4) is 0 Å². The Labute approximate surface area is 134 Å². The second-order valence-electron chi connectivity index (χ2n) is 4.55. The Morgan fingerprint density at radius 2 is 2.05 bits per heavy atom. The molecule has 1 heterocycles. The molecule has 0 bridgehead atoms. The standard InChI is InChI=1S/C14H11BrClN5/c1-8-7-9(15)5-6-12(8)21-14(18-19-20-21)10-3-2-4-11(17)13(10)16/h2-7H,17H2,1H3. The third kappa shape index (κ3) is 2.52. The number of anilines is 1. The van der Waals surface area contributed by atoms with E-state index in [0.29, 0.717) is 22.1 Å². The summed E-state index contributed by atoms with van der Waals surface area (Å²) in [7, 11) is 0. The van der Waals surface area contributed by atoms with Gasteiger partial charge >= 0.3 is 0 Å². The number of hydrogen-bond acceptors (Lipinski definition) is 4. The molecule has 0 amide bonds. The Morgan fingerprint density at radius 1 is 1.24 bits per heavy atom. The Hall–Kier alpha value is -1.92. The van der Waals surface area contributed by atoms with E-state index in [1.54, 1.807) is 10.7 Å². The molecule has 0 radical (unpaired) electrons. The molecule has 2 N–H and O–H groups in total. The molecule has 3 rings (SSSR count). The number of nitrogens with two attached hydrogens (primary N) is 1. The van der Waals surface area contributed by atoms with Crippen LogP contribution in [0.25, 0.3) is 17.1 Å². The zero-order chi connectivity index (χ0) is 15.0. The van der Waals surface area contributed by atoms with E-state index in [4.69, 9.17) is 17.3 Å². The van der Waals surface area contributed by atoms with Crippen LogP contribution in [-0.2, 0) is 0 Å². The van der Waals surface area contributed by atoms with Gasteiger partial charge in [-0.1, -0.05) is 33.6 Å². The summed E-state index contributed by atoms with van der Waals surface area (Å²) in [5, 5.41) is 12.4. The highest BCUT2D eigenvalue weighted by atomic mass is 79.9. The summed E-state index contributed by atoms with van der Waals surface area (Å²) in [6.45, 7) is 1.99. The maximum Gasteiger partial charge on any atom is 0.188 e. The van der Waals surface area contributed by atoms with Crippen LogP contribution in [0.1, 0.15) is 5.56 Å². The van der Waals surface area contributed by atoms with E-state index in [0.717, 1.165) is 15.7 Å². The molecule has 0 atom stereocenters. The van der Waals surface area contributed by atoms with Crippen molar-refractivity contribution in [3.8, 4) is 17.1 Å². The van der Waals surface area contributed by atoms with Crippen molar-refractivity contribution in [2.75, 3.05) is 5.73 Å².